The maximum atomic E-state index is 12.7. The van der Waals surface area contributed by atoms with Gasteiger partial charge in [-0.05, 0) is 24.6 Å². The molecule has 1 aromatic rings. The Morgan fingerprint density at radius 2 is 2.25 bits per heavy atom. The molecule has 1 saturated heterocycles. The number of halogens is 1. The Morgan fingerprint density at radius 1 is 1.50 bits per heavy atom. The number of hydrogen-bond acceptors (Lipinski definition) is 5. The second-order valence-electron chi connectivity index (χ2n) is 5.60. The van der Waals surface area contributed by atoms with Crippen LogP contribution in [0.3, 0.4) is 0 Å². The molecule has 2 rings (SSSR count). The Bertz CT molecular complexity index is 687. The second-order valence-corrected chi connectivity index (χ2v) is 8.05. The fraction of sp³-hybridized carbons (Fsp3) is 0.533. The minimum absolute atomic E-state index is 0.0678. The van der Waals surface area contributed by atoms with Crippen LogP contribution in [0, 0.1) is 5.92 Å². The van der Waals surface area contributed by atoms with E-state index in [2.05, 4.69) is 0 Å². The zero-order valence-electron chi connectivity index (χ0n) is 13.3. The standard InChI is InChI=1S/C15H20ClNO6S/c1-17(6-4-15(18)19)24(20,21)14-8-12(16)2-3-13(14)23-10-11-5-7-22-9-11/h2-3,8,11H,4-7,9-10H2,1H3,(H,18,19). The third kappa shape index (κ3) is 4.83. The predicted molar refractivity (Wildman–Crippen MR) is 87.9 cm³/mol. The summed E-state index contributed by atoms with van der Waals surface area (Å²) in [5, 5.41) is 8.98. The number of sulfonamides is 1. The summed E-state index contributed by atoms with van der Waals surface area (Å²) in [6, 6.07) is 4.38. The summed E-state index contributed by atoms with van der Waals surface area (Å²) in [4.78, 5) is 10.6. The lowest BCUT2D eigenvalue weighted by molar-refractivity contribution is -0.137. The minimum atomic E-state index is -3.90. The van der Waals surface area contributed by atoms with Crippen LogP contribution in [0.5, 0.6) is 5.75 Å². The van der Waals surface area contributed by atoms with Gasteiger partial charge in [0.2, 0.25) is 10.0 Å². The summed E-state index contributed by atoms with van der Waals surface area (Å²) in [6.45, 7) is 1.48. The molecule has 134 valence electrons. The first-order valence-electron chi connectivity index (χ1n) is 7.49. The number of nitrogens with zero attached hydrogens (tertiary/aromatic N) is 1. The van der Waals surface area contributed by atoms with E-state index < -0.39 is 16.0 Å². The quantitative estimate of drug-likeness (QED) is 0.743. The SMILES string of the molecule is CN(CCC(=O)O)S(=O)(=O)c1cc(Cl)ccc1OCC1CCOC1. The van der Waals surface area contributed by atoms with Crippen LogP contribution in [-0.4, -0.2) is 57.2 Å². The summed E-state index contributed by atoms with van der Waals surface area (Å²) in [6.07, 6.45) is 0.583. The summed E-state index contributed by atoms with van der Waals surface area (Å²) in [5.41, 5.74) is 0. The van der Waals surface area contributed by atoms with E-state index in [0.29, 0.717) is 19.8 Å². The second kappa shape index (κ2) is 8.15. The van der Waals surface area contributed by atoms with Crippen molar-refractivity contribution in [3.05, 3.63) is 23.2 Å². The highest BCUT2D eigenvalue weighted by Gasteiger charge is 2.26. The van der Waals surface area contributed by atoms with E-state index >= 15 is 0 Å². The number of ether oxygens (including phenoxy) is 2. The molecule has 1 fully saturated rings. The van der Waals surface area contributed by atoms with Crippen molar-refractivity contribution >= 4 is 27.6 Å². The van der Waals surface area contributed by atoms with Gasteiger partial charge in [0.15, 0.2) is 0 Å². The number of benzene rings is 1. The molecule has 0 amide bonds. The third-order valence-electron chi connectivity index (χ3n) is 3.73. The Morgan fingerprint density at radius 3 is 2.88 bits per heavy atom. The van der Waals surface area contributed by atoms with Crippen LogP contribution in [-0.2, 0) is 19.6 Å². The van der Waals surface area contributed by atoms with Gasteiger partial charge in [-0.1, -0.05) is 11.6 Å². The van der Waals surface area contributed by atoms with E-state index in [1.807, 2.05) is 0 Å². The number of carboxylic acids is 1. The molecule has 1 heterocycles. The van der Waals surface area contributed by atoms with Gasteiger partial charge in [-0.15, -0.1) is 0 Å². The number of rotatable bonds is 8. The summed E-state index contributed by atoms with van der Waals surface area (Å²) in [7, 11) is -2.58. The van der Waals surface area contributed by atoms with Gasteiger partial charge >= 0.3 is 5.97 Å². The fourth-order valence-corrected chi connectivity index (χ4v) is 3.83. The number of carboxylic acid groups (broad SMARTS) is 1. The van der Waals surface area contributed by atoms with Crippen molar-refractivity contribution < 1.29 is 27.8 Å². The van der Waals surface area contributed by atoms with Crippen LogP contribution < -0.4 is 4.74 Å². The molecule has 1 atom stereocenters. The maximum absolute atomic E-state index is 12.7. The van der Waals surface area contributed by atoms with Crippen molar-refractivity contribution in [3.8, 4) is 5.75 Å². The number of hydrogen-bond donors (Lipinski definition) is 1. The van der Waals surface area contributed by atoms with Crippen LogP contribution in [0.25, 0.3) is 0 Å². The molecule has 0 radical (unpaired) electrons. The van der Waals surface area contributed by atoms with Crippen molar-refractivity contribution in [2.75, 3.05) is 33.4 Å². The molecule has 1 aliphatic heterocycles. The van der Waals surface area contributed by atoms with Crippen molar-refractivity contribution in [1.82, 2.24) is 4.31 Å². The van der Waals surface area contributed by atoms with Gasteiger partial charge in [-0.25, -0.2) is 12.7 Å². The molecule has 0 spiro atoms. The van der Waals surface area contributed by atoms with Gasteiger partial charge < -0.3 is 14.6 Å². The molecule has 0 saturated carbocycles. The van der Waals surface area contributed by atoms with Gasteiger partial charge in [0, 0.05) is 31.1 Å². The third-order valence-corrected chi connectivity index (χ3v) is 5.85. The molecule has 1 N–H and O–H groups in total. The predicted octanol–water partition coefficient (Wildman–Crippen LogP) is 1.85. The maximum Gasteiger partial charge on any atom is 0.304 e. The first kappa shape index (κ1) is 19.0. The Labute approximate surface area is 146 Å². The molecule has 9 heteroatoms. The highest BCUT2D eigenvalue weighted by Crippen LogP contribution is 2.30. The zero-order chi connectivity index (χ0) is 17.7. The van der Waals surface area contributed by atoms with Crippen molar-refractivity contribution in [3.63, 3.8) is 0 Å². The first-order chi connectivity index (χ1) is 11.3. The highest BCUT2D eigenvalue weighted by molar-refractivity contribution is 7.89. The Kier molecular flexibility index (Phi) is 6.45. The largest absolute Gasteiger partial charge is 0.492 e. The summed E-state index contributed by atoms with van der Waals surface area (Å²) < 4.78 is 37.3. The van der Waals surface area contributed by atoms with Crippen molar-refractivity contribution in [1.29, 1.82) is 0 Å². The highest BCUT2D eigenvalue weighted by atomic mass is 35.5. The molecule has 0 aliphatic carbocycles. The minimum Gasteiger partial charge on any atom is -0.492 e. The van der Waals surface area contributed by atoms with E-state index in [9.17, 15) is 13.2 Å². The Hall–Kier alpha value is -1.35. The molecular formula is C15H20ClNO6S. The van der Waals surface area contributed by atoms with E-state index in [4.69, 9.17) is 26.2 Å². The number of carbonyl (C=O) groups is 1. The average molecular weight is 378 g/mol. The van der Waals surface area contributed by atoms with Crippen LogP contribution in [0.4, 0.5) is 0 Å². The molecular weight excluding hydrogens is 358 g/mol. The van der Waals surface area contributed by atoms with Crippen LogP contribution >= 0.6 is 11.6 Å². The molecule has 7 nitrogen and oxygen atoms in total. The number of aliphatic carboxylic acids is 1. The molecule has 0 aromatic heterocycles. The summed E-state index contributed by atoms with van der Waals surface area (Å²) in [5.74, 6) is -0.643. The lowest BCUT2D eigenvalue weighted by atomic mass is 10.1. The van der Waals surface area contributed by atoms with Gasteiger partial charge in [-0.2, -0.15) is 0 Å². The van der Waals surface area contributed by atoms with Crippen molar-refractivity contribution in [2.24, 2.45) is 5.92 Å². The fourth-order valence-electron chi connectivity index (χ4n) is 2.27. The summed E-state index contributed by atoms with van der Waals surface area (Å²) >= 11 is 5.93. The normalized spacial score (nSPS) is 18.0. The van der Waals surface area contributed by atoms with E-state index in [1.165, 1.54) is 19.2 Å². The van der Waals surface area contributed by atoms with E-state index in [0.717, 1.165) is 10.7 Å². The smallest absolute Gasteiger partial charge is 0.304 e. The zero-order valence-corrected chi connectivity index (χ0v) is 14.8. The average Bonchev–Trinajstić information content (AvgIpc) is 3.04. The topological polar surface area (TPSA) is 93.1 Å². The van der Waals surface area contributed by atoms with Gasteiger partial charge in [-0.3, -0.25) is 4.79 Å². The molecule has 1 unspecified atom stereocenters. The lowest BCUT2D eigenvalue weighted by Crippen LogP contribution is -2.29. The monoisotopic (exact) mass is 377 g/mol. The van der Waals surface area contributed by atoms with Crippen molar-refractivity contribution in [2.45, 2.75) is 17.7 Å². The van der Waals surface area contributed by atoms with Crippen LogP contribution in [0.1, 0.15) is 12.8 Å². The van der Waals surface area contributed by atoms with E-state index in [-0.39, 0.29) is 34.6 Å². The van der Waals surface area contributed by atoms with E-state index in [1.54, 1.807) is 6.07 Å². The van der Waals surface area contributed by atoms with Crippen LogP contribution in [0.2, 0.25) is 5.02 Å². The molecule has 24 heavy (non-hydrogen) atoms. The van der Waals surface area contributed by atoms with Crippen LogP contribution in [0.15, 0.2) is 23.1 Å². The lowest BCUT2D eigenvalue weighted by Gasteiger charge is -2.19. The van der Waals surface area contributed by atoms with Gasteiger partial charge in [0.25, 0.3) is 0 Å². The molecule has 0 bridgehead atoms. The first-order valence-corrected chi connectivity index (χ1v) is 9.30. The van der Waals surface area contributed by atoms with Gasteiger partial charge in [0.05, 0.1) is 19.6 Å². The molecule has 1 aromatic carbocycles. The van der Waals surface area contributed by atoms with Gasteiger partial charge in [0.1, 0.15) is 10.6 Å². The molecule has 1 aliphatic rings. The Balaban J connectivity index is 2.19.